The molecule has 126 valence electrons. The lowest BCUT2D eigenvalue weighted by Gasteiger charge is -2.20. The normalized spacial score (nSPS) is 22.2. The van der Waals surface area contributed by atoms with Gasteiger partial charge in [0.05, 0.1) is 17.9 Å². The van der Waals surface area contributed by atoms with Crippen molar-refractivity contribution in [3.05, 3.63) is 29.5 Å². The Labute approximate surface area is 136 Å². The van der Waals surface area contributed by atoms with E-state index in [1.807, 2.05) is 0 Å². The van der Waals surface area contributed by atoms with Gasteiger partial charge in [-0.25, -0.2) is 8.42 Å². The Hall–Kier alpha value is -1.70. The van der Waals surface area contributed by atoms with Gasteiger partial charge in [0.1, 0.15) is 11.0 Å². The molecule has 0 amide bonds. The highest BCUT2D eigenvalue weighted by Gasteiger charge is 2.44. The fourth-order valence-corrected chi connectivity index (χ4v) is 5.75. The number of nitrogens with zero attached hydrogens (tertiary/aromatic N) is 2. The minimum Gasteiger partial charge on any atom is -0.497 e. The van der Waals surface area contributed by atoms with Crippen molar-refractivity contribution in [1.82, 2.24) is 0 Å². The molecule has 23 heavy (non-hydrogen) atoms. The lowest BCUT2D eigenvalue weighted by atomic mass is 9.90. The summed E-state index contributed by atoms with van der Waals surface area (Å²) in [5.41, 5.74) is 9.25. The molecule has 0 aliphatic heterocycles. The Morgan fingerprint density at radius 2 is 1.96 bits per heavy atom. The third-order valence-electron chi connectivity index (χ3n) is 4.11. The summed E-state index contributed by atoms with van der Waals surface area (Å²) in [7, 11) is -5.49. The number of allylic oxidation sites excluding steroid dienone is 2. The van der Waals surface area contributed by atoms with Crippen LogP contribution in [0.2, 0.25) is 0 Å². The Balaban J connectivity index is 2.46. The molecule has 9 heteroatoms. The largest absolute Gasteiger partial charge is 0.497 e. The first-order chi connectivity index (χ1) is 10.9. The van der Waals surface area contributed by atoms with Gasteiger partial charge in [-0.05, 0) is 18.9 Å². The molecule has 0 aromatic heterocycles. The molecule has 1 fully saturated rings. The van der Waals surface area contributed by atoms with Crippen molar-refractivity contribution in [2.24, 2.45) is 5.92 Å². The van der Waals surface area contributed by atoms with Crippen LogP contribution in [0, 0.1) is 5.92 Å². The van der Waals surface area contributed by atoms with Crippen LogP contribution in [0.5, 0.6) is 0 Å². The molecule has 1 saturated carbocycles. The van der Waals surface area contributed by atoms with E-state index in [1.165, 1.54) is 25.3 Å². The maximum absolute atomic E-state index is 12.8. The summed E-state index contributed by atoms with van der Waals surface area (Å²) in [5, 5.41) is -1.73. The van der Waals surface area contributed by atoms with Crippen LogP contribution in [-0.4, -0.2) is 43.9 Å². The van der Waals surface area contributed by atoms with Gasteiger partial charge in [-0.1, -0.05) is 25.3 Å². The lowest BCUT2D eigenvalue weighted by Crippen LogP contribution is -2.39. The van der Waals surface area contributed by atoms with Gasteiger partial charge in [0.2, 0.25) is 10.3 Å². The monoisotopic (exact) mass is 358 g/mol. The van der Waals surface area contributed by atoms with Gasteiger partial charge in [0.25, 0.3) is 9.84 Å². The van der Waals surface area contributed by atoms with Crippen LogP contribution in [-0.2, 0) is 24.9 Å². The predicted octanol–water partition coefficient (Wildman–Crippen LogP) is 1.13. The van der Waals surface area contributed by atoms with Crippen LogP contribution in [0.1, 0.15) is 32.1 Å². The van der Waals surface area contributed by atoms with Crippen LogP contribution in [0.4, 0.5) is 0 Å². The number of hydrogen-bond donors (Lipinski definition) is 0. The molecule has 0 saturated heterocycles. The fourth-order valence-electron chi connectivity index (χ4n) is 2.92. The molecular weight excluding hydrogens is 340 g/mol. The van der Waals surface area contributed by atoms with Crippen molar-refractivity contribution in [1.29, 1.82) is 0 Å². The molecule has 0 heterocycles. The minimum absolute atomic E-state index is 0.246. The first-order valence-electron chi connectivity index (χ1n) is 7.27. The predicted molar refractivity (Wildman–Crippen MR) is 86.1 cm³/mol. The van der Waals surface area contributed by atoms with E-state index in [0.29, 0.717) is 12.8 Å². The second-order valence-electron chi connectivity index (χ2n) is 5.49. The molecule has 0 aromatic carbocycles. The molecule has 0 radical (unpaired) electrons. The Morgan fingerprint density at radius 1 is 1.30 bits per heavy atom. The summed E-state index contributed by atoms with van der Waals surface area (Å²) in [4.78, 5) is 2.70. The summed E-state index contributed by atoms with van der Waals surface area (Å²) in [6.45, 7) is 0. The zero-order chi connectivity index (χ0) is 17.0. The van der Waals surface area contributed by atoms with Gasteiger partial charge in [0.15, 0.2) is 0 Å². The fraction of sp³-hybridized carbons (Fsp3) is 0.571. The summed E-state index contributed by atoms with van der Waals surface area (Å²) < 4.78 is 53.4. The van der Waals surface area contributed by atoms with Crippen LogP contribution >= 0.6 is 0 Å². The van der Waals surface area contributed by atoms with Crippen molar-refractivity contribution in [2.75, 3.05) is 7.11 Å². The standard InChI is InChI=1S/C14H18N2O5S2/c1-21-11-7-8-13(12(9-11)22(17)18)23(19,20)14(16-15)10-5-3-2-4-6-10/h7-10,13H,2-6H2,1H3. The number of hydrogen-bond acceptors (Lipinski definition) is 5. The maximum Gasteiger partial charge on any atom is 0.385 e. The van der Waals surface area contributed by atoms with Gasteiger partial charge in [-0.2, -0.15) is 13.2 Å². The quantitative estimate of drug-likeness (QED) is 0.247. The van der Waals surface area contributed by atoms with Crippen molar-refractivity contribution in [2.45, 2.75) is 37.4 Å². The first kappa shape index (κ1) is 17.7. The van der Waals surface area contributed by atoms with E-state index in [-0.39, 0.29) is 21.6 Å². The van der Waals surface area contributed by atoms with E-state index in [9.17, 15) is 22.4 Å². The molecule has 0 aromatic rings. The minimum atomic E-state index is -4.12. The van der Waals surface area contributed by atoms with E-state index < -0.39 is 25.4 Å². The molecule has 0 N–H and O–H groups in total. The highest BCUT2D eigenvalue weighted by atomic mass is 32.2. The Kier molecular flexibility index (Phi) is 5.56. The molecule has 7 nitrogen and oxygen atoms in total. The zero-order valence-corrected chi connectivity index (χ0v) is 14.3. The van der Waals surface area contributed by atoms with Gasteiger partial charge in [-0.15, -0.1) is 0 Å². The summed E-state index contributed by atoms with van der Waals surface area (Å²) in [5.74, 6) is -0.128. The van der Waals surface area contributed by atoms with Gasteiger partial charge < -0.3 is 10.3 Å². The second-order valence-corrected chi connectivity index (χ2v) is 8.44. The van der Waals surface area contributed by atoms with Gasteiger partial charge >= 0.3 is 5.04 Å². The number of methoxy groups -OCH3 is 1. The van der Waals surface area contributed by atoms with E-state index in [2.05, 4.69) is 4.79 Å². The molecule has 1 atom stereocenters. The topological polar surface area (TPSA) is 114 Å². The van der Waals surface area contributed by atoms with Crippen LogP contribution < -0.4 is 0 Å². The zero-order valence-electron chi connectivity index (χ0n) is 12.7. The van der Waals surface area contributed by atoms with Crippen LogP contribution in [0.15, 0.2) is 24.0 Å². The molecule has 0 bridgehead atoms. The van der Waals surface area contributed by atoms with Crippen molar-refractivity contribution >= 4 is 30.0 Å². The van der Waals surface area contributed by atoms with Gasteiger partial charge in [0, 0.05) is 6.08 Å². The van der Waals surface area contributed by atoms with E-state index in [4.69, 9.17) is 4.74 Å². The highest BCUT2D eigenvalue weighted by molar-refractivity contribution is 8.08. The van der Waals surface area contributed by atoms with Crippen molar-refractivity contribution < 1.29 is 26.4 Å². The van der Waals surface area contributed by atoms with E-state index in [1.54, 1.807) is 0 Å². The van der Waals surface area contributed by atoms with E-state index in [0.717, 1.165) is 19.3 Å². The third-order valence-corrected chi connectivity index (χ3v) is 7.09. The smallest absolute Gasteiger partial charge is 0.385 e. The lowest BCUT2D eigenvalue weighted by molar-refractivity contribution is -0.00904. The molecule has 2 aliphatic rings. The average Bonchev–Trinajstić information content (AvgIpc) is 2.55. The number of ether oxygens (including phenoxy) is 1. The first-order valence-corrected chi connectivity index (χ1v) is 9.89. The molecule has 2 aliphatic carbocycles. The third kappa shape index (κ3) is 3.63. The van der Waals surface area contributed by atoms with Gasteiger partial charge in [-0.3, -0.25) is 0 Å². The van der Waals surface area contributed by atoms with Crippen LogP contribution in [0.3, 0.4) is 0 Å². The Bertz CT molecular complexity index is 816. The average molecular weight is 358 g/mol. The number of rotatable bonds is 3. The molecule has 0 spiro atoms. The van der Waals surface area contributed by atoms with Crippen molar-refractivity contribution in [3.63, 3.8) is 0 Å². The highest BCUT2D eigenvalue weighted by Crippen LogP contribution is 2.28. The summed E-state index contributed by atoms with van der Waals surface area (Å²) >= 11 is 0. The van der Waals surface area contributed by atoms with E-state index >= 15 is 0 Å². The Morgan fingerprint density at radius 3 is 2.48 bits per heavy atom. The molecule has 2 rings (SSSR count). The number of sulfone groups is 1. The second kappa shape index (κ2) is 7.25. The molecular formula is C14H18N2O5S2. The summed E-state index contributed by atoms with van der Waals surface area (Å²) in [6, 6.07) is 0. The summed E-state index contributed by atoms with van der Waals surface area (Å²) in [6.07, 6.45) is 7.77. The van der Waals surface area contributed by atoms with Crippen molar-refractivity contribution in [3.8, 4) is 0 Å². The van der Waals surface area contributed by atoms with Crippen LogP contribution in [0.25, 0.3) is 5.53 Å². The SMILES string of the molecule is COC1=CC(=S(=O)=O)C(S(=O)(=O)C(=[N+]=[N-])C2CCCCC2)C=C1. The molecule has 1 unspecified atom stereocenters. The maximum atomic E-state index is 12.8.